The number of amides is 1. The van der Waals surface area contributed by atoms with Gasteiger partial charge in [-0.05, 0) is 38.4 Å². The van der Waals surface area contributed by atoms with E-state index in [1.54, 1.807) is 0 Å². The fraction of sp³-hybridized carbons (Fsp3) is 0.556. The van der Waals surface area contributed by atoms with Gasteiger partial charge in [0.05, 0.1) is 6.42 Å². The number of carbonyl (C=O) groups is 2. The van der Waals surface area contributed by atoms with Crippen LogP contribution in [-0.2, 0) is 20.9 Å². The fourth-order valence-electron chi connectivity index (χ4n) is 2.92. The number of aryl methyl sites for hydroxylation is 1. The van der Waals surface area contributed by atoms with E-state index in [9.17, 15) is 9.59 Å². The molecular weight excluding hydrogens is 292 g/mol. The first kappa shape index (κ1) is 17.5. The van der Waals surface area contributed by atoms with Crippen molar-refractivity contribution in [3.8, 4) is 0 Å². The van der Waals surface area contributed by atoms with Gasteiger partial charge in [0.2, 0.25) is 5.91 Å². The minimum atomic E-state index is -0.499. The highest BCUT2D eigenvalue weighted by molar-refractivity contribution is 5.85. The lowest BCUT2D eigenvalue weighted by Gasteiger charge is -2.41. The smallest absolute Gasteiger partial charge is 0.324 e. The van der Waals surface area contributed by atoms with Gasteiger partial charge >= 0.3 is 5.97 Å². The molecule has 2 rings (SSSR count). The van der Waals surface area contributed by atoms with Gasteiger partial charge in [0.15, 0.2) is 0 Å². The molecule has 1 aromatic carbocycles. The van der Waals surface area contributed by atoms with Gasteiger partial charge in [-0.1, -0.05) is 31.2 Å². The maximum Gasteiger partial charge on any atom is 0.324 e. The number of likely N-dealkylation sites (N-methyl/N-ethyl adjacent to an activating group) is 1. The van der Waals surface area contributed by atoms with Gasteiger partial charge in [0.1, 0.15) is 11.6 Å². The molecule has 1 aliphatic rings. The van der Waals surface area contributed by atoms with Crippen LogP contribution in [0, 0.1) is 6.92 Å². The molecule has 1 atom stereocenters. The maximum atomic E-state index is 12.2. The molecule has 126 valence electrons. The Balaban J connectivity index is 1.94. The lowest BCUT2D eigenvalue weighted by Crippen LogP contribution is -2.57. The lowest BCUT2D eigenvalue weighted by atomic mass is 10.0. The van der Waals surface area contributed by atoms with Crippen molar-refractivity contribution in [1.82, 2.24) is 10.2 Å². The number of benzene rings is 1. The highest BCUT2D eigenvalue weighted by Gasteiger charge is 2.40. The van der Waals surface area contributed by atoms with E-state index in [0.29, 0.717) is 19.6 Å². The van der Waals surface area contributed by atoms with Crippen molar-refractivity contribution >= 4 is 11.9 Å². The van der Waals surface area contributed by atoms with Crippen LogP contribution in [0.1, 0.15) is 38.3 Å². The molecule has 0 aromatic heterocycles. The van der Waals surface area contributed by atoms with Gasteiger partial charge in [-0.15, -0.1) is 0 Å². The zero-order valence-electron chi connectivity index (χ0n) is 14.4. The monoisotopic (exact) mass is 318 g/mol. The molecule has 1 aliphatic heterocycles. The summed E-state index contributed by atoms with van der Waals surface area (Å²) in [7, 11) is 0. The number of carbonyl (C=O) groups excluding carboxylic acids is 2. The predicted octanol–water partition coefficient (Wildman–Crippen LogP) is 2.03. The zero-order valence-corrected chi connectivity index (χ0v) is 14.4. The van der Waals surface area contributed by atoms with Crippen molar-refractivity contribution in [2.75, 3.05) is 13.1 Å². The number of nitrogens with zero attached hydrogens (tertiary/aromatic N) is 1. The summed E-state index contributed by atoms with van der Waals surface area (Å²) in [4.78, 5) is 26.4. The Hall–Kier alpha value is -1.88. The summed E-state index contributed by atoms with van der Waals surface area (Å²) >= 11 is 0. The normalized spacial score (nSPS) is 20.9. The van der Waals surface area contributed by atoms with E-state index in [0.717, 1.165) is 11.1 Å². The first-order valence-electron chi connectivity index (χ1n) is 8.10. The van der Waals surface area contributed by atoms with Crippen molar-refractivity contribution in [2.45, 2.75) is 52.3 Å². The highest BCUT2D eigenvalue weighted by Crippen LogP contribution is 2.23. The Morgan fingerprint density at radius 1 is 1.39 bits per heavy atom. The minimum Gasteiger partial charge on any atom is -0.457 e. The number of esters is 1. The Morgan fingerprint density at radius 2 is 2.09 bits per heavy atom. The Labute approximate surface area is 138 Å². The third-order valence-electron chi connectivity index (χ3n) is 4.20. The van der Waals surface area contributed by atoms with E-state index >= 15 is 0 Å². The van der Waals surface area contributed by atoms with Gasteiger partial charge in [-0.2, -0.15) is 0 Å². The van der Waals surface area contributed by atoms with Crippen LogP contribution in [0.3, 0.4) is 0 Å². The first-order valence-corrected chi connectivity index (χ1v) is 8.10. The number of rotatable bonds is 5. The fourth-order valence-corrected chi connectivity index (χ4v) is 2.92. The van der Waals surface area contributed by atoms with Crippen LogP contribution in [0.25, 0.3) is 0 Å². The largest absolute Gasteiger partial charge is 0.457 e. The molecule has 1 unspecified atom stereocenters. The summed E-state index contributed by atoms with van der Waals surface area (Å²) in [6.07, 6.45) is 0.134. The molecule has 5 nitrogen and oxygen atoms in total. The third-order valence-corrected chi connectivity index (χ3v) is 4.20. The molecule has 5 heteroatoms. The van der Waals surface area contributed by atoms with Gasteiger partial charge in [0.25, 0.3) is 0 Å². The van der Waals surface area contributed by atoms with Crippen LogP contribution in [-0.4, -0.2) is 41.5 Å². The minimum absolute atomic E-state index is 0.131. The second-order valence-electron chi connectivity index (χ2n) is 6.67. The van der Waals surface area contributed by atoms with E-state index < -0.39 is 11.6 Å². The first-order chi connectivity index (χ1) is 10.8. The summed E-state index contributed by atoms with van der Waals surface area (Å²) in [5.41, 5.74) is 1.73. The van der Waals surface area contributed by atoms with Crippen molar-refractivity contribution < 1.29 is 14.3 Å². The summed E-state index contributed by atoms with van der Waals surface area (Å²) in [5.74, 6) is -0.442. The third kappa shape index (κ3) is 4.55. The van der Waals surface area contributed by atoms with Crippen molar-refractivity contribution in [2.24, 2.45) is 0 Å². The molecule has 1 amide bonds. The molecule has 1 saturated heterocycles. The SMILES string of the molecule is CCN1CC(C)(C)OC(=O)C1CC(=O)NCc1ccccc1C. The van der Waals surface area contributed by atoms with Crippen LogP contribution in [0.5, 0.6) is 0 Å². The molecule has 0 bridgehead atoms. The number of hydrogen-bond acceptors (Lipinski definition) is 4. The highest BCUT2D eigenvalue weighted by atomic mass is 16.6. The van der Waals surface area contributed by atoms with Crippen LogP contribution < -0.4 is 5.32 Å². The summed E-state index contributed by atoms with van der Waals surface area (Å²) < 4.78 is 5.44. The molecule has 0 spiro atoms. The van der Waals surface area contributed by atoms with Crippen molar-refractivity contribution in [1.29, 1.82) is 0 Å². The van der Waals surface area contributed by atoms with E-state index in [4.69, 9.17) is 4.74 Å². The molecule has 0 radical (unpaired) electrons. The number of morpholine rings is 1. The summed E-state index contributed by atoms with van der Waals surface area (Å²) in [6, 6.07) is 7.43. The molecule has 1 N–H and O–H groups in total. The second-order valence-corrected chi connectivity index (χ2v) is 6.67. The van der Waals surface area contributed by atoms with E-state index in [-0.39, 0.29) is 18.3 Å². The average molecular weight is 318 g/mol. The summed E-state index contributed by atoms with van der Waals surface area (Å²) in [5, 5.41) is 2.90. The molecule has 1 fully saturated rings. The zero-order chi connectivity index (χ0) is 17.0. The van der Waals surface area contributed by atoms with E-state index in [2.05, 4.69) is 5.32 Å². The van der Waals surface area contributed by atoms with Crippen LogP contribution in [0.4, 0.5) is 0 Å². The van der Waals surface area contributed by atoms with Gasteiger partial charge in [-0.3, -0.25) is 14.5 Å². The predicted molar refractivity (Wildman–Crippen MR) is 88.8 cm³/mol. The second kappa shape index (κ2) is 7.13. The van der Waals surface area contributed by atoms with Crippen LogP contribution >= 0.6 is 0 Å². The Bertz CT molecular complexity index is 583. The summed E-state index contributed by atoms with van der Waals surface area (Å²) in [6.45, 7) is 9.63. The standard InChI is InChI=1S/C18H26N2O3/c1-5-20-12-18(3,4)23-17(22)15(20)10-16(21)19-11-14-9-7-6-8-13(14)2/h6-9,15H,5,10-12H2,1-4H3,(H,19,21). The molecular formula is C18H26N2O3. The van der Waals surface area contributed by atoms with Gasteiger partial charge < -0.3 is 10.1 Å². The number of cyclic esters (lactones) is 1. The molecule has 23 heavy (non-hydrogen) atoms. The molecule has 0 saturated carbocycles. The van der Waals surface area contributed by atoms with Crippen molar-refractivity contribution in [3.05, 3.63) is 35.4 Å². The Morgan fingerprint density at radius 3 is 2.74 bits per heavy atom. The number of ether oxygens (including phenoxy) is 1. The van der Waals surface area contributed by atoms with Gasteiger partial charge in [0, 0.05) is 13.1 Å². The Kier molecular flexibility index (Phi) is 5.42. The van der Waals surface area contributed by atoms with Crippen molar-refractivity contribution in [3.63, 3.8) is 0 Å². The molecule has 0 aliphatic carbocycles. The average Bonchev–Trinajstić information content (AvgIpc) is 2.48. The van der Waals surface area contributed by atoms with Crippen LogP contribution in [0.2, 0.25) is 0 Å². The van der Waals surface area contributed by atoms with Crippen LogP contribution in [0.15, 0.2) is 24.3 Å². The topological polar surface area (TPSA) is 58.6 Å². The quantitative estimate of drug-likeness (QED) is 0.844. The molecule has 1 aromatic rings. The lowest BCUT2D eigenvalue weighted by molar-refractivity contribution is -0.178. The van der Waals surface area contributed by atoms with E-state index in [1.807, 2.05) is 56.9 Å². The van der Waals surface area contributed by atoms with E-state index in [1.165, 1.54) is 0 Å². The number of hydrogen-bond donors (Lipinski definition) is 1. The molecule has 1 heterocycles. The van der Waals surface area contributed by atoms with Gasteiger partial charge in [-0.25, -0.2) is 0 Å². The maximum absolute atomic E-state index is 12.2. The number of nitrogens with one attached hydrogen (secondary N) is 1.